The van der Waals surface area contributed by atoms with Crippen molar-refractivity contribution in [1.29, 1.82) is 0 Å². The molecule has 2 unspecified atom stereocenters. The largest absolute Gasteiger partial charge is 0.478 e. The molecule has 0 amide bonds. The van der Waals surface area contributed by atoms with E-state index in [-0.39, 0.29) is 23.0 Å². The van der Waals surface area contributed by atoms with Crippen LogP contribution in [0.1, 0.15) is 56.8 Å². The van der Waals surface area contributed by atoms with Gasteiger partial charge in [0, 0.05) is 19.3 Å². The molecule has 29 heavy (non-hydrogen) atoms. The summed E-state index contributed by atoms with van der Waals surface area (Å²) in [6, 6.07) is 14.5. The summed E-state index contributed by atoms with van der Waals surface area (Å²) in [6.45, 7) is 4.44. The van der Waals surface area contributed by atoms with E-state index in [1.807, 2.05) is 57.3 Å². The molecule has 0 bridgehead atoms. The highest BCUT2D eigenvalue weighted by Gasteiger charge is 2.45. The third-order valence-electron chi connectivity index (χ3n) is 5.65. The van der Waals surface area contributed by atoms with Gasteiger partial charge in [0.1, 0.15) is 17.6 Å². The molecule has 2 aromatic carbocycles. The fraction of sp³-hybridized carbons (Fsp3) is 0.273. The number of hydrogen-bond acceptors (Lipinski definition) is 5. The predicted octanol–water partition coefficient (Wildman–Crippen LogP) is 3.37. The third kappa shape index (κ3) is 2.90. The number of anilines is 1. The highest BCUT2D eigenvalue weighted by Crippen LogP contribution is 2.47. The first-order valence-corrected chi connectivity index (χ1v) is 9.53. The molecule has 0 aliphatic carbocycles. The zero-order valence-corrected chi connectivity index (χ0v) is 16.5. The molecular formula is C22H22N4O3. The molecular weight excluding hydrogens is 368 g/mol. The Bertz CT molecular complexity index is 1090. The van der Waals surface area contributed by atoms with E-state index in [1.165, 1.54) is 6.07 Å². The minimum Gasteiger partial charge on any atom is -0.478 e. The van der Waals surface area contributed by atoms with Gasteiger partial charge >= 0.3 is 5.97 Å². The van der Waals surface area contributed by atoms with Crippen LogP contribution in [0, 0.1) is 6.92 Å². The monoisotopic (exact) mass is 390 g/mol. The molecule has 0 saturated heterocycles. The van der Waals surface area contributed by atoms with Crippen molar-refractivity contribution in [2.24, 2.45) is 7.05 Å². The Morgan fingerprint density at radius 2 is 1.83 bits per heavy atom. The number of fused-ring (bicyclic) bond motifs is 1. The Hall–Kier alpha value is -3.48. The zero-order valence-electron chi connectivity index (χ0n) is 16.5. The summed E-state index contributed by atoms with van der Waals surface area (Å²) in [5, 5.41) is 18.2. The van der Waals surface area contributed by atoms with Gasteiger partial charge in [0.15, 0.2) is 5.78 Å². The molecule has 1 aromatic heterocycles. The van der Waals surface area contributed by atoms with E-state index in [0.717, 1.165) is 5.56 Å². The standard InChI is InChI=1S/C22H22N4O3/c1-4-26-16-12-8-11-15(22(28)29)17(16)20(27)18(21-24-23-13(2)25(21)3)19(26)14-9-6-5-7-10-14/h5-12,18-19H,4H2,1-3H3,(H,28,29). The molecule has 1 aliphatic rings. The number of benzene rings is 2. The van der Waals surface area contributed by atoms with Crippen LogP contribution in [0.15, 0.2) is 48.5 Å². The number of nitrogens with zero attached hydrogens (tertiary/aromatic N) is 4. The van der Waals surface area contributed by atoms with E-state index >= 15 is 0 Å². The quantitative estimate of drug-likeness (QED) is 0.735. The second-order valence-corrected chi connectivity index (χ2v) is 7.15. The summed E-state index contributed by atoms with van der Waals surface area (Å²) in [4.78, 5) is 27.7. The Balaban J connectivity index is 2.02. The lowest BCUT2D eigenvalue weighted by atomic mass is 9.78. The molecule has 1 aliphatic heterocycles. The molecule has 4 rings (SSSR count). The SMILES string of the molecule is CCN1c2cccc(C(=O)O)c2C(=O)C(c2nnc(C)n2C)C1c1ccccc1. The molecule has 0 saturated carbocycles. The van der Waals surface area contributed by atoms with Gasteiger partial charge in [0.25, 0.3) is 0 Å². The van der Waals surface area contributed by atoms with Gasteiger partial charge in [-0.1, -0.05) is 36.4 Å². The van der Waals surface area contributed by atoms with Gasteiger partial charge < -0.3 is 14.6 Å². The third-order valence-corrected chi connectivity index (χ3v) is 5.65. The molecule has 3 aromatic rings. The van der Waals surface area contributed by atoms with Crippen LogP contribution in [-0.4, -0.2) is 38.2 Å². The number of carbonyl (C=O) groups is 2. The van der Waals surface area contributed by atoms with Crippen LogP contribution >= 0.6 is 0 Å². The van der Waals surface area contributed by atoms with Crippen molar-refractivity contribution in [3.05, 3.63) is 76.9 Å². The molecule has 2 atom stereocenters. The minimum atomic E-state index is -1.11. The average molecular weight is 390 g/mol. The maximum Gasteiger partial charge on any atom is 0.336 e. The maximum atomic E-state index is 13.8. The Kier molecular flexibility index (Phi) is 4.66. The summed E-state index contributed by atoms with van der Waals surface area (Å²) >= 11 is 0. The van der Waals surface area contributed by atoms with E-state index < -0.39 is 11.9 Å². The number of carboxylic acid groups (broad SMARTS) is 1. The van der Waals surface area contributed by atoms with Crippen LogP contribution in [0.3, 0.4) is 0 Å². The van der Waals surface area contributed by atoms with Crippen molar-refractivity contribution in [3.63, 3.8) is 0 Å². The van der Waals surface area contributed by atoms with E-state index in [2.05, 4.69) is 15.1 Å². The molecule has 2 heterocycles. The smallest absolute Gasteiger partial charge is 0.336 e. The van der Waals surface area contributed by atoms with Crippen LogP contribution < -0.4 is 4.90 Å². The van der Waals surface area contributed by atoms with Crippen LogP contribution in [-0.2, 0) is 7.05 Å². The van der Waals surface area contributed by atoms with Crippen molar-refractivity contribution in [2.45, 2.75) is 25.8 Å². The first kappa shape index (κ1) is 18.9. The fourth-order valence-electron chi connectivity index (χ4n) is 4.19. The summed E-state index contributed by atoms with van der Waals surface area (Å²) in [6.07, 6.45) is 0. The minimum absolute atomic E-state index is 0.0151. The maximum absolute atomic E-state index is 13.8. The fourth-order valence-corrected chi connectivity index (χ4v) is 4.19. The molecule has 7 nitrogen and oxygen atoms in total. The summed E-state index contributed by atoms with van der Waals surface area (Å²) < 4.78 is 1.81. The number of likely N-dealkylation sites (N-methyl/N-ethyl adjacent to an activating group) is 1. The molecule has 148 valence electrons. The highest BCUT2D eigenvalue weighted by molar-refractivity contribution is 6.14. The average Bonchev–Trinajstić information content (AvgIpc) is 3.06. The molecule has 7 heteroatoms. The Labute approximate surface area is 168 Å². The van der Waals surface area contributed by atoms with Crippen molar-refractivity contribution < 1.29 is 14.7 Å². The van der Waals surface area contributed by atoms with Gasteiger partial charge in [0.05, 0.1) is 17.2 Å². The van der Waals surface area contributed by atoms with Gasteiger partial charge in [0.2, 0.25) is 0 Å². The number of ketones is 1. The Morgan fingerprint density at radius 1 is 1.10 bits per heavy atom. The predicted molar refractivity (Wildman–Crippen MR) is 108 cm³/mol. The number of Topliss-reactive ketones (excluding diaryl/α,β-unsaturated/α-hetero) is 1. The molecule has 1 N–H and O–H groups in total. The second-order valence-electron chi connectivity index (χ2n) is 7.15. The molecule has 0 fully saturated rings. The van der Waals surface area contributed by atoms with Crippen molar-refractivity contribution >= 4 is 17.4 Å². The van der Waals surface area contributed by atoms with Gasteiger partial charge in [-0.2, -0.15) is 0 Å². The van der Waals surface area contributed by atoms with E-state index in [0.29, 0.717) is 23.9 Å². The van der Waals surface area contributed by atoms with E-state index in [4.69, 9.17) is 0 Å². The van der Waals surface area contributed by atoms with Gasteiger partial charge in [-0.15, -0.1) is 10.2 Å². The van der Waals surface area contributed by atoms with Gasteiger partial charge in [-0.25, -0.2) is 4.79 Å². The zero-order chi connectivity index (χ0) is 20.7. The number of aryl methyl sites for hydroxylation is 1. The number of carboxylic acids is 1. The van der Waals surface area contributed by atoms with Crippen LogP contribution in [0.2, 0.25) is 0 Å². The number of aromatic carboxylic acids is 1. The number of rotatable bonds is 4. The van der Waals surface area contributed by atoms with E-state index in [9.17, 15) is 14.7 Å². The van der Waals surface area contributed by atoms with Crippen LogP contribution in [0.5, 0.6) is 0 Å². The normalized spacial score (nSPS) is 18.6. The van der Waals surface area contributed by atoms with Crippen molar-refractivity contribution in [1.82, 2.24) is 14.8 Å². The topological polar surface area (TPSA) is 88.3 Å². The first-order chi connectivity index (χ1) is 14.0. The highest BCUT2D eigenvalue weighted by atomic mass is 16.4. The Morgan fingerprint density at radius 3 is 2.41 bits per heavy atom. The molecule has 0 radical (unpaired) electrons. The van der Waals surface area contributed by atoms with Crippen molar-refractivity contribution in [2.75, 3.05) is 11.4 Å². The van der Waals surface area contributed by atoms with Gasteiger partial charge in [-0.3, -0.25) is 4.79 Å². The van der Waals surface area contributed by atoms with Gasteiger partial charge in [-0.05, 0) is 31.5 Å². The van der Waals surface area contributed by atoms with Crippen molar-refractivity contribution in [3.8, 4) is 0 Å². The number of hydrogen-bond donors (Lipinski definition) is 1. The summed E-state index contributed by atoms with van der Waals surface area (Å²) in [7, 11) is 1.83. The summed E-state index contributed by atoms with van der Waals surface area (Å²) in [5.74, 6) is -0.800. The number of aromatic nitrogens is 3. The lowest BCUT2D eigenvalue weighted by Gasteiger charge is -2.42. The summed E-state index contributed by atoms with van der Waals surface area (Å²) in [5.41, 5.74) is 1.86. The molecule has 0 spiro atoms. The van der Waals surface area contributed by atoms with Crippen LogP contribution in [0.25, 0.3) is 0 Å². The first-order valence-electron chi connectivity index (χ1n) is 9.53. The second kappa shape index (κ2) is 7.16. The van der Waals surface area contributed by atoms with E-state index in [1.54, 1.807) is 10.6 Å². The van der Waals surface area contributed by atoms with Crippen LogP contribution in [0.4, 0.5) is 5.69 Å². The lowest BCUT2D eigenvalue weighted by Crippen LogP contribution is -2.42. The number of carbonyl (C=O) groups excluding carboxylic acids is 1. The lowest BCUT2D eigenvalue weighted by molar-refractivity contribution is 0.0690.